The number of nitriles is 1. The molecule has 0 atom stereocenters. The molecule has 1 aliphatic heterocycles. The molecule has 0 fully saturated rings. The molecule has 0 bridgehead atoms. The predicted octanol–water partition coefficient (Wildman–Crippen LogP) is 1.41. The number of hydrogen-bond donors (Lipinski definition) is 3. The first kappa shape index (κ1) is 17.2. The van der Waals surface area contributed by atoms with E-state index in [0.29, 0.717) is 36.1 Å². The lowest BCUT2D eigenvalue weighted by atomic mass is 9.94. The summed E-state index contributed by atoms with van der Waals surface area (Å²) in [4.78, 5) is 21.0. The second kappa shape index (κ2) is 7.53. The Morgan fingerprint density at radius 2 is 2.27 bits per heavy atom. The zero-order chi connectivity index (χ0) is 18.5. The first-order valence-electron chi connectivity index (χ1n) is 8.00. The number of methoxy groups -OCH3 is 1. The number of amides is 1. The highest BCUT2D eigenvalue weighted by Crippen LogP contribution is 2.34. The molecule has 1 aromatic heterocycles. The number of carbonyl (C=O) groups excluding carboxylic acids is 1. The third kappa shape index (κ3) is 3.42. The number of rotatable bonds is 3. The van der Waals surface area contributed by atoms with Crippen molar-refractivity contribution in [3.05, 3.63) is 41.6 Å². The summed E-state index contributed by atoms with van der Waals surface area (Å²) in [6.07, 6.45) is 2.39. The molecular formula is C18H17N5O3. The Kier molecular flexibility index (Phi) is 4.99. The van der Waals surface area contributed by atoms with Crippen LogP contribution >= 0.6 is 0 Å². The average Bonchev–Trinajstić information content (AvgIpc) is 2.68. The molecule has 3 rings (SSSR count). The van der Waals surface area contributed by atoms with Gasteiger partial charge in [-0.3, -0.25) is 15.1 Å². The Hall–Kier alpha value is -3.60. The van der Waals surface area contributed by atoms with Gasteiger partial charge in [-0.2, -0.15) is 5.26 Å². The van der Waals surface area contributed by atoms with Crippen LogP contribution in [0, 0.1) is 11.3 Å². The van der Waals surface area contributed by atoms with Crippen LogP contribution in [0.5, 0.6) is 11.6 Å². The number of aromatic nitrogens is 1. The maximum atomic E-state index is 12.8. The first-order valence-corrected chi connectivity index (χ1v) is 8.00. The molecule has 0 saturated heterocycles. The van der Waals surface area contributed by atoms with Crippen LogP contribution < -0.4 is 15.4 Å². The van der Waals surface area contributed by atoms with E-state index < -0.39 is 5.91 Å². The summed E-state index contributed by atoms with van der Waals surface area (Å²) < 4.78 is 5.12. The van der Waals surface area contributed by atoms with Gasteiger partial charge in [0.2, 0.25) is 5.88 Å². The highest BCUT2D eigenvalue weighted by atomic mass is 16.5. The van der Waals surface area contributed by atoms with Gasteiger partial charge in [0.1, 0.15) is 5.75 Å². The van der Waals surface area contributed by atoms with Gasteiger partial charge in [-0.15, -0.1) is 0 Å². The van der Waals surface area contributed by atoms with Crippen molar-refractivity contribution in [2.75, 3.05) is 20.2 Å². The monoisotopic (exact) mass is 351 g/mol. The number of nitrogens with zero attached hydrogens (tertiary/aromatic N) is 3. The Labute approximate surface area is 150 Å². The number of ether oxygens (including phenoxy) is 1. The van der Waals surface area contributed by atoms with Crippen molar-refractivity contribution in [2.24, 2.45) is 4.99 Å². The fourth-order valence-electron chi connectivity index (χ4n) is 2.68. The molecule has 3 N–H and O–H groups in total. The van der Waals surface area contributed by atoms with Crippen molar-refractivity contribution in [3.8, 4) is 28.8 Å². The molecule has 1 amide bonds. The van der Waals surface area contributed by atoms with Crippen LogP contribution in [-0.4, -0.2) is 42.2 Å². The van der Waals surface area contributed by atoms with Crippen LogP contribution in [-0.2, 0) is 0 Å². The van der Waals surface area contributed by atoms with Gasteiger partial charge in [-0.1, -0.05) is 0 Å². The van der Waals surface area contributed by atoms with Gasteiger partial charge in [-0.05, 0) is 30.2 Å². The molecule has 0 saturated carbocycles. The Balaban J connectivity index is 2.10. The quantitative estimate of drug-likeness (QED) is 0.769. The predicted molar refractivity (Wildman–Crippen MR) is 95.0 cm³/mol. The second-order valence-electron chi connectivity index (χ2n) is 5.55. The third-order valence-corrected chi connectivity index (χ3v) is 3.89. The van der Waals surface area contributed by atoms with Crippen molar-refractivity contribution >= 4 is 11.9 Å². The van der Waals surface area contributed by atoms with Crippen molar-refractivity contribution in [1.82, 2.24) is 15.6 Å². The zero-order valence-electron chi connectivity index (χ0n) is 14.1. The molecule has 2 aromatic rings. The van der Waals surface area contributed by atoms with Gasteiger partial charge in [0.25, 0.3) is 5.91 Å². The highest BCUT2D eigenvalue weighted by molar-refractivity contribution is 6.11. The number of hydrogen-bond acceptors (Lipinski definition) is 7. The molecule has 8 nitrogen and oxygen atoms in total. The highest BCUT2D eigenvalue weighted by Gasteiger charge is 2.23. The van der Waals surface area contributed by atoms with Crippen LogP contribution in [0.2, 0.25) is 0 Å². The summed E-state index contributed by atoms with van der Waals surface area (Å²) in [5.41, 5.74) is 1.09. The van der Waals surface area contributed by atoms with E-state index in [0.717, 1.165) is 6.42 Å². The summed E-state index contributed by atoms with van der Waals surface area (Å²) >= 11 is 0. The van der Waals surface area contributed by atoms with Crippen LogP contribution in [0.15, 0.2) is 35.5 Å². The number of nitrogens with one attached hydrogen (secondary N) is 2. The van der Waals surface area contributed by atoms with Crippen molar-refractivity contribution in [3.63, 3.8) is 0 Å². The van der Waals surface area contributed by atoms with Gasteiger partial charge < -0.3 is 15.2 Å². The molecule has 1 aliphatic rings. The van der Waals surface area contributed by atoms with E-state index in [1.54, 1.807) is 12.1 Å². The van der Waals surface area contributed by atoms with Gasteiger partial charge in [0, 0.05) is 30.9 Å². The third-order valence-electron chi connectivity index (χ3n) is 3.89. The first-order chi connectivity index (χ1) is 12.6. The lowest BCUT2D eigenvalue weighted by Gasteiger charge is -2.17. The van der Waals surface area contributed by atoms with Gasteiger partial charge in [0.05, 0.1) is 24.3 Å². The Morgan fingerprint density at radius 1 is 1.42 bits per heavy atom. The molecule has 0 spiro atoms. The van der Waals surface area contributed by atoms with Gasteiger partial charge >= 0.3 is 0 Å². The minimum Gasteiger partial charge on any atom is -0.507 e. The number of benzene rings is 1. The SMILES string of the molecule is COc1cc(-c2c(C#N)ccc(O)c2C(=O)NC2=NCCCN2)ccn1. The topological polar surface area (TPSA) is 120 Å². The molecule has 0 radical (unpaired) electrons. The van der Waals surface area contributed by atoms with E-state index >= 15 is 0 Å². The summed E-state index contributed by atoms with van der Waals surface area (Å²) in [5.74, 6) is -0.108. The lowest BCUT2D eigenvalue weighted by Crippen LogP contribution is -2.43. The number of phenols is 1. The van der Waals surface area contributed by atoms with Gasteiger partial charge in [0.15, 0.2) is 5.96 Å². The normalized spacial score (nSPS) is 13.2. The molecule has 26 heavy (non-hydrogen) atoms. The number of guanidine groups is 1. The summed E-state index contributed by atoms with van der Waals surface area (Å²) in [5, 5.41) is 25.4. The minimum absolute atomic E-state index is 0.00706. The van der Waals surface area contributed by atoms with Crippen molar-refractivity contribution in [1.29, 1.82) is 5.26 Å². The maximum Gasteiger partial charge on any atom is 0.262 e. The minimum atomic E-state index is -0.557. The van der Waals surface area contributed by atoms with Crippen molar-refractivity contribution < 1.29 is 14.6 Å². The van der Waals surface area contributed by atoms with Crippen LogP contribution in [0.4, 0.5) is 0 Å². The van der Waals surface area contributed by atoms with E-state index in [1.807, 2.05) is 0 Å². The van der Waals surface area contributed by atoms with E-state index in [2.05, 4.69) is 26.7 Å². The Morgan fingerprint density at radius 3 is 2.96 bits per heavy atom. The Bertz CT molecular complexity index is 918. The summed E-state index contributed by atoms with van der Waals surface area (Å²) in [6.45, 7) is 1.32. The number of carbonyl (C=O) groups is 1. The molecule has 132 valence electrons. The van der Waals surface area contributed by atoms with Crippen LogP contribution in [0.3, 0.4) is 0 Å². The van der Waals surface area contributed by atoms with E-state index in [1.165, 1.54) is 25.4 Å². The van der Waals surface area contributed by atoms with Crippen LogP contribution in [0.25, 0.3) is 11.1 Å². The lowest BCUT2D eigenvalue weighted by molar-refractivity contribution is 0.0973. The molecule has 0 aliphatic carbocycles. The maximum absolute atomic E-state index is 12.8. The van der Waals surface area contributed by atoms with E-state index in [-0.39, 0.29) is 16.9 Å². The van der Waals surface area contributed by atoms with Gasteiger partial charge in [-0.25, -0.2) is 4.98 Å². The standard InChI is InChI=1S/C18H17N5O3/c1-26-14-9-11(5-8-20-14)15-12(10-19)3-4-13(24)16(15)17(25)23-18-21-6-2-7-22-18/h3-5,8-9,24H,2,6-7H2,1H3,(H2,21,22,23,25). The fraction of sp³-hybridized carbons (Fsp3) is 0.222. The number of phenolic OH excluding ortho intramolecular Hbond substituents is 1. The van der Waals surface area contributed by atoms with E-state index in [4.69, 9.17) is 4.74 Å². The molecule has 0 unspecified atom stereocenters. The summed E-state index contributed by atoms with van der Waals surface area (Å²) in [7, 11) is 1.47. The molecular weight excluding hydrogens is 334 g/mol. The molecule has 1 aromatic carbocycles. The zero-order valence-corrected chi connectivity index (χ0v) is 14.1. The van der Waals surface area contributed by atoms with Crippen molar-refractivity contribution in [2.45, 2.75) is 6.42 Å². The summed E-state index contributed by atoms with van der Waals surface area (Å²) in [6, 6.07) is 8.09. The second-order valence-corrected chi connectivity index (χ2v) is 5.55. The van der Waals surface area contributed by atoms with E-state index in [9.17, 15) is 15.2 Å². The average molecular weight is 351 g/mol. The number of pyridine rings is 1. The number of aliphatic imine (C=N–C) groups is 1. The molecule has 2 heterocycles. The van der Waals surface area contributed by atoms with Crippen LogP contribution in [0.1, 0.15) is 22.3 Å². The smallest absolute Gasteiger partial charge is 0.262 e. The number of aromatic hydroxyl groups is 1. The fourth-order valence-corrected chi connectivity index (χ4v) is 2.68. The largest absolute Gasteiger partial charge is 0.507 e. The molecule has 8 heteroatoms.